The van der Waals surface area contributed by atoms with Gasteiger partial charge < -0.3 is 16.0 Å². The van der Waals surface area contributed by atoms with Crippen molar-refractivity contribution >= 4 is 11.7 Å². The van der Waals surface area contributed by atoms with Crippen LogP contribution in [0.4, 0.5) is 5.82 Å². The Labute approximate surface area is 107 Å². The number of rotatable bonds is 4. The highest BCUT2D eigenvalue weighted by Gasteiger charge is 2.39. The van der Waals surface area contributed by atoms with Gasteiger partial charge in [0.05, 0.1) is 6.20 Å². The van der Waals surface area contributed by atoms with Crippen LogP contribution in [0.3, 0.4) is 0 Å². The Kier molecular flexibility index (Phi) is 3.30. The van der Waals surface area contributed by atoms with E-state index in [1.54, 1.807) is 7.05 Å². The van der Waals surface area contributed by atoms with Crippen molar-refractivity contribution in [3.63, 3.8) is 0 Å². The predicted molar refractivity (Wildman–Crippen MR) is 70.2 cm³/mol. The van der Waals surface area contributed by atoms with Gasteiger partial charge in [-0.25, -0.2) is 0 Å². The van der Waals surface area contributed by atoms with Gasteiger partial charge in [0, 0.05) is 19.1 Å². The highest BCUT2D eigenvalue weighted by atomic mass is 16.1. The summed E-state index contributed by atoms with van der Waals surface area (Å²) in [6.45, 7) is 0.660. The summed E-state index contributed by atoms with van der Waals surface area (Å²) < 4.78 is 1.50. The van der Waals surface area contributed by atoms with E-state index in [0.29, 0.717) is 17.9 Å². The summed E-state index contributed by atoms with van der Waals surface area (Å²) in [5, 5.41) is 6.93. The van der Waals surface area contributed by atoms with Gasteiger partial charge in [0.15, 0.2) is 0 Å². The number of aromatic nitrogens is 2. The summed E-state index contributed by atoms with van der Waals surface area (Å²) >= 11 is 0. The highest BCUT2D eigenvalue weighted by Crippen LogP contribution is 2.35. The third-order valence-corrected chi connectivity index (χ3v) is 4.04. The van der Waals surface area contributed by atoms with Crippen LogP contribution in [0.25, 0.3) is 0 Å². The predicted octanol–water partition coefficient (Wildman–Crippen LogP) is 0.216. The maximum Gasteiger partial charge on any atom is 0.256 e. The van der Waals surface area contributed by atoms with Crippen molar-refractivity contribution in [1.82, 2.24) is 20.0 Å². The molecule has 0 unspecified atom stereocenters. The SMILES string of the molecule is CN(C)C1(CNC(=O)c2cnn(C)c2N)CCC1. The molecule has 0 radical (unpaired) electrons. The molecular formula is C12H21N5O. The van der Waals surface area contributed by atoms with E-state index in [4.69, 9.17) is 5.73 Å². The smallest absolute Gasteiger partial charge is 0.256 e. The Morgan fingerprint density at radius 1 is 1.61 bits per heavy atom. The molecule has 1 aromatic rings. The zero-order chi connectivity index (χ0) is 13.3. The molecule has 0 saturated heterocycles. The van der Waals surface area contributed by atoms with Crippen molar-refractivity contribution < 1.29 is 4.79 Å². The number of hydrogen-bond donors (Lipinski definition) is 2. The van der Waals surface area contributed by atoms with Gasteiger partial charge in [-0.1, -0.05) is 0 Å². The topological polar surface area (TPSA) is 76.2 Å². The van der Waals surface area contributed by atoms with Gasteiger partial charge in [0.1, 0.15) is 11.4 Å². The minimum absolute atomic E-state index is 0.118. The van der Waals surface area contributed by atoms with Crippen molar-refractivity contribution in [2.75, 3.05) is 26.4 Å². The molecule has 6 heteroatoms. The lowest BCUT2D eigenvalue weighted by Gasteiger charge is -2.47. The largest absolute Gasteiger partial charge is 0.383 e. The number of aryl methyl sites for hydroxylation is 1. The fourth-order valence-corrected chi connectivity index (χ4v) is 2.33. The number of nitrogen functional groups attached to an aromatic ring is 1. The summed E-state index contributed by atoms with van der Waals surface area (Å²) in [6, 6.07) is 0. The zero-order valence-electron chi connectivity index (χ0n) is 11.2. The molecule has 100 valence electrons. The Bertz CT molecular complexity index is 447. The number of hydrogen-bond acceptors (Lipinski definition) is 4. The molecular weight excluding hydrogens is 230 g/mol. The van der Waals surface area contributed by atoms with E-state index in [0.717, 1.165) is 12.8 Å². The number of likely N-dealkylation sites (N-methyl/N-ethyl adjacent to an activating group) is 1. The van der Waals surface area contributed by atoms with Crippen LogP contribution in [0.1, 0.15) is 29.6 Å². The molecule has 1 aliphatic carbocycles. The zero-order valence-corrected chi connectivity index (χ0v) is 11.2. The van der Waals surface area contributed by atoms with Crippen LogP contribution in [0.2, 0.25) is 0 Å². The van der Waals surface area contributed by atoms with Crippen molar-refractivity contribution in [1.29, 1.82) is 0 Å². The van der Waals surface area contributed by atoms with E-state index >= 15 is 0 Å². The molecule has 18 heavy (non-hydrogen) atoms. The van der Waals surface area contributed by atoms with Gasteiger partial charge in [0.2, 0.25) is 0 Å². The summed E-state index contributed by atoms with van der Waals surface area (Å²) in [6.07, 6.45) is 4.99. The standard InChI is InChI=1S/C12H21N5O/c1-16(2)12(5-4-6-12)8-14-11(18)9-7-15-17(3)10(9)13/h7H,4-6,8,13H2,1-3H3,(H,14,18). The van der Waals surface area contributed by atoms with Crippen LogP contribution >= 0.6 is 0 Å². The second kappa shape index (κ2) is 4.61. The minimum Gasteiger partial charge on any atom is -0.383 e. The number of anilines is 1. The molecule has 0 atom stereocenters. The Morgan fingerprint density at radius 3 is 2.67 bits per heavy atom. The normalized spacial score (nSPS) is 17.6. The third-order valence-electron chi connectivity index (χ3n) is 4.04. The maximum atomic E-state index is 12.0. The van der Waals surface area contributed by atoms with E-state index in [1.165, 1.54) is 17.3 Å². The van der Waals surface area contributed by atoms with Crippen LogP contribution in [-0.4, -0.2) is 46.8 Å². The summed E-state index contributed by atoms with van der Waals surface area (Å²) in [4.78, 5) is 14.2. The first-order chi connectivity index (χ1) is 8.46. The average molecular weight is 251 g/mol. The molecule has 1 saturated carbocycles. The summed E-state index contributed by atoms with van der Waals surface area (Å²) in [5.41, 5.74) is 6.35. The molecule has 0 spiro atoms. The average Bonchev–Trinajstić information content (AvgIpc) is 2.57. The second-order valence-electron chi connectivity index (χ2n) is 5.22. The number of nitrogens with two attached hydrogens (primary N) is 1. The highest BCUT2D eigenvalue weighted by molar-refractivity contribution is 5.98. The molecule has 6 nitrogen and oxygen atoms in total. The first kappa shape index (κ1) is 12.9. The number of nitrogens with one attached hydrogen (secondary N) is 1. The van der Waals surface area contributed by atoms with Gasteiger partial charge >= 0.3 is 0 Å². The molecule has 0 aromatic carbocycles. The van der Waals surface area contributed by atoms with Crippen LogP contribution in [0, 0.1) is 0 Å². The van der Waals surface area contributed by atoms with Crippen molar-refractivity contribution in [2.24, 2.45) is 7.05 Å². The lowest BCUT2D eigenvalue weighted by molar-refractivity contribution is 0.0558. The van der Waals surface area contributed by atoms with E-state index in [-0.39, 0.29) is 11.4 Å². The molecule has 1 amide bonds. The Hall–Kier alpha value is -1.56. The van der Waals surface area contributed by atoms with E-state index in [1.807, 2.05) is 0 Å². The van der Waals surface area contributed by atoms with Gasteiger partial charge in [-0.05, 0) is 33.4 Å². The van der Waals surface area contributed by atoms with E-state index in [9.17, 15) is 4.79 Å². The molecule has 1 heterocycles. The first-order valence-electron chi connectivity index (χ1n) is 6.19. The van der Waals surface area contributed by atoms with Crippen molar-refractivity contribution in [3.05, 3.63) is 11.8 Å². The number of amides is 1. The second-order valence-corrected chi connectivity index (χ2v) is 5.22. The van der Waals surface area contributed by atoms with Crippen molar-refractivity contribution in [3.8, 4) is 0 Å². The summed E-state index contributed by atoms with van der Waals surface area (Å²) in [7, 11) is 5.84. The lowest BCUT2D eigenvalue weighted by atomic mass is 9.75. The fourth-order valence-electron chi connectivity index (χ4n) is 2.33. The molecule has 1 aromatic heterocycles. The monoisotopic (exact) mass is 251 g/mol. The first-order valence-corrected chi connectivity index (χ1v) is 6.19. The van der Waals surface area contributed by atoms with E-state index in [2.05, 4.69) is 29.4 Å². The summed E-state index contributed by atoms with van der Waals surface area (Å²) in [5.74, 6) is 0.258. The number of nitrogens with zero attached hydrogens (tertiary/aromatic N) is 3. The number of carbonyl (C=O) groups excluding carboxylic acids is 1. The van der Waals surface area contributed by atoms with Gasteiger partial charge in [-0.3, -0.25) is 9.48 Å². The van der Waals surface area contributed by atoms with Gasteiger partial charge in [0.25, 0.3) is 5.91 Å². The molecule has 0 bridgehead atoms. The fraction of sp³-hybridized carbons (Fsp3) is 0.667. The maximum absolute atomic E-state index is 12.0. The third kappa shape index (κ3) is 2.08. The molecule has 1 fully saturated rings. The van der Waals surface area contributed by atoms with Crippen LogP contribution < -0.4 is 11.1 Å². The molecule has 3 N–H and O–H groups in total. The van der Waals surface area contributed by atoms with Gasteiger partial charge in [-0.2, -0.15) is 5.10 Å². The van der Waals surface area contributed by atoms with Crippen LogP contribution in [-0.2, 0) is 7.05 Å². The molecule has 2 rings (SSSR count). The quantitative estimate of drug-likeness (QED) is 0.802. The van der Waals surface area contributed by atoms with Crippen LogP contribution in [0.5, 0.6) is 0 Å². The Balaban J connectivity index is 1.98. The number of carbonyl (C=O) groups is 1. The minimum atomic E-state index is -0.145. The molecule has 1 aliphatic rings. The lowest BCUT2D eigenvalue weighted by Crippen LogP contribution is -2.57. The van der Waals surface area contributed by atoms with Gasteiger partial charge in [-0.15, -0.1) is 0 Å². The van der Waals surface area contributed by atoms with Crippen molar-refractivity contribution in [2.45, 2.75) is 24.8 Å². The van der Waals surface area contributed by atoms with E-state index < -0.39 is 0 Å². The molecule has 0 aliphatic heterocycles. The Morgan fingerprint density at radius 2 is 2.28 bits per heavy atom. The van der Waals surface area contributed by atoms with Crippen LogP contribution in [0.15, 0.2) is 6.20 Å².